The van der Waals surface area contributed by atoms with Gasteiger partial charge in [0.15, 0.2) is 0 Å². The van der Waals surface area contributed by atoms with Crippen LogP contribution in [-0.2, 0) is 31.8 Å². The Hall–Kier alpha value is -2.93. The first-order valence-electron chi connectivity index (χ1n) is 10.5. The summed E-state index contributed by atoms with van der Waals surface area (Å²) in [6.07, 6.45) is 7.90. The molecule has 1 unspecified atom stereocenters. The van der Waals surface area contributed by atoms with Crippen LogP contribution in [0.1, 0.15) is 42.4 Å². The van der Waals surface area contributed by atoms with Gasteiger partial charge in [0.05, 0.1) is 12.3 Å². The van der Waals surface area contributed by atoms with Crippen molar-refractivity contribution in [2.24, 2.45) is 4.99 Å². The average Bonchev–Trinajstić information content (AvgIpc) is 3.32. The summed E-state index contributed by atoms with van der Waals surface area (Å²) in [5.74, 6) is -0.0855. The maximum Gasteiger partial charge on any atom is 0.232 e. The smallest absolute Gasteiger partial charge is 0.232 e. The largest absolute Gasteiger partial charge is 0.378 e. The Labute approximate surface area is 187 Å². The fourth-order valence-electron chi connectivity index (χ4n) is 3.96. The molecule has 1 atom stereocenters. The van der Waals surface area contributed by atoms with Crippen LogP contribution in [-0.4, -0.2) is 51.1 Å². The molecular formula is C23H27FN4O4. The second kappa shape index (κ2) is 11.6. The molecule has 3 heterocycles. The number of fused-ring (bicyclic) bond motifs is 1. The number of aliphatic imine (C=N–C) groups is 1. The van der Waals surface area contributed by atoms with Crippen molar-refractivity contribution in [2.45, 2.75) is 44.5 Å². The van der Waals surface area contributed by atoms with Crippen molar-refractivity contribution in [2.75, 3.05) is 32.3 Å². The summed E-state index contributed by atoms with van der Waals surface area (Å²) in [5.41, 5.74) is 2.43. The van der Waals surface area contributed by atoms with Gasteiger partial charge in [-0.1, -0.05) is 6.07 Å². The van der Waals surface area contributed by atoms with Crippen LogP contribution in [0.15, 0.2) is 34.7 Å². The van der Waals surface area contributed by atoms with E-state index in [2.05, 4.69) is 11.1 Å². The van der Waals surface area contributed by atoms with Crippen molar-refractivity contribution in [3.8, 4) is 6.07 Å². The lowest BCUT2D eigenvalue weighted by molar-refractivity contribution is -0.109. The molecule has 0 aliphatic carbocycles. The molecular weight excluding hydrogens is 415 g/mol. The van der Waals surface area contributed by atoms with E-state index in [0.29, 0.717) is 18.1 Å². The molecule has 8 nitrogen and oxygen atoms in total. The maximum atomic E-state index is 14.4. The van der Waals surface area contributed by atoms with E-state index in [-0.39, 0.29) is 18.1 Å². The summed E-state index contributed by atoms with van der Waals surface area (Å²) in [7, 11) is 3.13. The Morgan fingerprint density at radius 3 is 2.94 bits per heavy atom. The summed E-state index contributed by atoms with van der Waals surface area (Å²) in [4.78, 5) is 20.3. The third-order valence-electron chi connectivity index (χ3n) is 5.47. The first-order chi connectivity index (χ1) is 15.6. The summed E-state index contributed by atoms with van der Waals surface area (Å²) in [6.45, 7) is 1.42. The standard InChI is InChI=1S/C23H27FN4O4/c1-30-23(31-2)21-17(12-19-6-4-10-32-19)11-16-5-3-8-28(22(16)27-21)9-7-20(24)18(13-25)14-26-15-29/h7,9,11,14-15,19,23H,3-6,8,10,12H2,1-2H3/b9-7+,20-18+,26-14?. The number of rotatable bonds is 9. The number of ether oxygens (including phenoxy) is 3. The fraction of sp³-hybridized carbons (Fsp3) is 0.478. The molecule has 0 bridgehead atoms. The molecule has 170 valence electrons. The van der Waals surface area contributed by atoms with Gasteiger partial charge in [-0.05, 0) is 42.9 Å². The zero-order chi connectivity index (χ0) is 22.9. The highest BCUT2D eigenvalue weighted by atomic mass is 19.1. The lowest BCUT2D eigenvalue weighted by Gasteiger charge is -2.30. The van der Waals surface area contributed by atoms with Crippen LogP contribution in [0.3, 0.4) is 0 Å². The number of hydrogen-bond acceptors (Lipinski definition) is 7. The Balaban J connectivity index is 1.95. The second-order valence-electron chi connectivity index (χ2n) is 7.53. The number of anilines is 1. The molecule has 1 fully saturated rings. The minimum absolute atomic E-state index is 0.152. The number of carbonyl (C=O) groups is 1. The van der Waals surface area contributed by atoms with Gasteiger partial charge >= 0.3 is 0 Å². The van der Waals surface area contributed by atoms with Gasteiger partial charge in [-0.25, -0.2) is 14.4 Å². The van der Waals surface area contributed by atoms with Crippen LogP contribution >= 0.6 is 0 Å². The predicted molar refractivity (Wildman–Crippen MR) is 117 cm³/mol. The zero-order valence-electron chi connectivity index (χ0n) is 18.3. The third kappa shape index (κ3) is 5.65. The highest BCUT2D eigenvalue weighted by Gasteiger charge is 2.26. The summed E-state index contributed by atoms with van der Waals surface area (Å²) in [5, 5.41) is 9.06. The molecule has 9 heteroatoms. The summed E-state index contributed by atoms with van der Waals surface area (Å²) in [6, 6.07) is 3.81. The second-order valence-corrected chi connectivity index (χ2v) is 7.53. The van der Waals surface area contributed by atoms with Gasteiger partial charge < -0.3 is 19.1 Å². The molecule has 1 amide bonds. The molecule has 0 radical (unpaired) electrons. The van der Waals surface area contributed by atoms with Crippen molar-refractivity contribution in [3.63, 3.8) is 0 Å². The monoisotopic (exact) mass is 442 g/mol. The molecule has 1 saturated heterocycles. The molecule has 1 aromatic heterocycles. The highest BCUT2D eigenvalue weighted by molar-refractivity contribution is 5.89. The van der Waals surface area contributed by atoms with E-state index in [4.69, 9.17) is 24.5 Å². The number of aryl methyl sites for hydroxylation is 1. The Kier molecular flexibility index (Phi) is 8.62. The van der Waals surface area contributed by atoms with E-state index in [0.717, 1.165) is 56.1 Å². The molecule has 2 aliphatic rings. The summed E-state index contributed by atoms with van der Waals surface area (Å²) < 4.78 is 31.2. The number of amides is 1. The average molecular weight is 442 g/mol. The first kappa shape index (κ1) is 23.7. The SMILES string of the molecule is COC(OC)c1nc2c(cc1CC1CCCO1)CCCN2/C=C/C(F)=C(/C#N)C=NC=O. The molecule has 1 aromatic rings. The lowest BCUT2D eigenvalue weighted by Crippen LogP contribution is -2.27. The Morgan fingerprint density at radius 1 is 1.47 bits per heavy atom. The van der Waals surface area contributed by atoms with Crippen molar-refractivity contribution in [1.29, 1.82) is 5.26 Å². The van der Waals surface area contributed by atoms with Crippen molar-refractivity contribution >= 4 is 18.4 Å². The first-order valence-corrected chi connectivity index (χ1v) is 10.5. The fourth-order valence-corrected chi connectivity index (χ4v) is 3.96. The number of halogens is 1. The van der Waals surface area contributed by atoms with Gasteiger partial charge in [-0.2, -0.15) is 5.26 Å². The minimum atomic E-state index is -0.785. The van der Waals surface area contributed by atoms with Crippen LogP contribution < -0.4 is 4.90 Å². The molecule has 0 saturated carbocycles. The quantitative estimate of drug-likeness (QED) is 0.190. The van der Waals surface area contributed by atoms with Crippen LogP contribution in [0.5, 0.6) is 0 Å². The molecule has 32 heavy (non-hydrogen) atoms. The maximum absolute atomic E-state index is 14.4. The third-order valence-corrected chi connectivity index (χ3v) is 5.47. The molecule has 3 rings (SSSR count). The van der Waals surface area contributed by atoms with Crippen LogP contribution in [0.4, 0.5) is 10.2 Å². The number of allylic oxidation sites excluding steroid dienone is 3. The van der Waals surface area contributed by atoms with Gasteiger partial charge in [-0.15, -0.1) is 0 Å². The van der Waals surface area contributed by atoms with Crippen molar-refractivity contribution in [3.05, 3.63) is 46.6 Å². The van der Waals surface area contributed by atoms with Crippen LogP contribution in [0.25, 0.3) is 0 Å². The Morgan fingerprint density at radius 2 is 2.28 bits per heavy atom. The molecule has 0 spiro atoms. The topological polar surface area (TPSA) is 97.0 Å². The number of aromatic nitrogens is 1. The number of nitrogens with zero attached hydrogens (tertiary/aromatic N) is 4. The number of pyridine rings is 1. The lowest BCUT2D eigenvalue weighted by atomic mass is 9.97. The van der Waals surface area contributed by atoms with Gasteiger partial charge in [0.2, 0.25) is 12.7 Å². The minimum Gasteiger partial charge on any atom is -0.378 e. The van der Waals surface area contributed by atoms with Crippen molar-refractivity contribution < 1.29 is 23.4 Å². The zero-order valence-corrected chi connectivity index (χ0v) is 18.3. The normalized spacial score (nSPS) is 19.5. The molecule has 2 aliphatic heterocycles. The van der Waals surface area contributed by atoms with Crippen LogP contribution in [0.2, 0.25) is 0 Å². The number of nitriles is 1. The summed E-state index contributed by atoms with van der Waals surface area (Å²) >= 11 is 0. The van der Waals surface area contributed by atoms with E-state index in [1.807, 2.05) is 4.90 Å². The van der Waals surface area contributed by atoms with E-state index >= 15 is 0 Å². The van der Waals surface area contributed by atoms with E-state index in [9.17, 15) is 9.18 Å². The van der Waals surface area contributed by atoms with E-state index in [1.54, 1.807) is 26.5 Å². The Bertz CT molecular complexity index is 944. The molecule has 0 aromatic carbocycles. The van der Waals surface area contributed by atoms with Gasteiger partial charge in [0, 0.05) is 40.0 Å². The highest BCUT2D eigenvalue weighted by Crippen LogP contribution is 2.33. The van der Waals surface area contributed by atoms with Crippen molar-refractivity contribution in [1.82, 2.24) is 4.98 Å². The van der Waals surface area contributed by atoms with Crippen LogP contribution in [0, 0.1) is 11.3 Å². The number of carbonyl (C=O) groups excluding carboxylic acids is 1. The van der Waals surface area contributed by atoms with Gasteiger partial charge in [0.25, 0.3) is 0 Å². The van der Waals surface area contributed by atoms with Gasteiger partial charge in [0.1, 0.15) is 29.0 Å². The number of hydrogen-bond donors (Lipinski definition) is 0. The predicted octanol–water partition coefficient (Wildman–Crippen LogP) is 3.34. The van der Waals surface area contributed by atoms with E-state index < -0.39 is 12.1 Å². The number of methoxy groups -OCH3 is 2. The van der Waals surface area contributed by atoms with Gasteiger partial charge in [-0.3, -0.25) is 4.79 Å². The van der Waals surface area contributed by atoms with E-state index in [1.165, 1.54) is 6.08 Å². The molecule has 0 N–H and O–H groups in total.